The number of piperazine rings is 1. The van der Waals surface area contributed by atoms with E-state index in [-0.39, 0.29) is 18.5 Å². The third-order valence-electron chi connectivity index (χ3n) is 3.39. The molecular formula is C14H19FN2O2. The average molecular weight is 266 g/mol. The lowest BCUT2D eigenvalue weighted by molar-refractivity contribution is 0.0722. The topological polar surface area (TPSA) is 32.8 Å². The maximum atomic E-state index is 13.4. The lowest BCUT2D eigenvalue weighted by atomic mass is 10.2. The minimum Gasteiger partial charge on any atom is -0.444 e. The Labute approximate surface area is 112 Å². The summed E-state index contributed by atoms with van der Waals surface area (Å²) in [5.41, 5.74) is 0.406. The average Bonchev–Trinajstić information content (AvgIpc) is 2.46. The normalized spacial score (nSPS) is 16.4. The number of halogens is 1. The predicted molar refractivity (Wildman–Crippen MR) is 70.3 cm³/mol. The summed E-state index contributed by atoms with van der Waals surface area (Å²) in [4.78, 5) is 15.8. The molecule has 4 nitrogen and oxygen atoms in total. The van der Waals surface area contributed by atoms with Crippen LogP contribution < -0.4 is 0 Å². The molecule has 1 aromatic carbocycles. The number of amides is 1. The second-order valence-corrected chi connectivity index (χ2v) is 4.57. The van der Waals surface area contributed by atoms with Crippen LogP contribution >= 0.6 is 0 Å². The summed E-state index contributed by atoms with van der Waals surface area (Å²) in [7, 11) is 0. The van der Waals surface area contributed by atoms with Crippen LogP contribution in [0.25, 0.3) is 0 Å². The van der Waals surface area contributed by atoms with E-state index in [1.807, 2.05) is 0 Å². The number of rotatable bonds is 3. The molecule has 1 aliphatic heterocycles. The van der Waals surface area contributed by atoms with Crippen molar-refractivity contribution in [3.8, 4) is 0 Å². The summed E-state index contributed by atoms with van der Waals surface area (Å²) in [5.74, 6) is -0.342. The van der Waals surface area contributed by atoms with Gasteiger partial charge in [0.05, 0.1) is 0 Å². The van der Waals surface area contributed by atoms with Gasteiger partial charge in [0.15, 0.2) is 0 Å². The van der Waals surface area contributed by atoms with Crippen LogP contribution in [0.5, 0.6) is 0 Å². The standard InChI is InChI=1S/C14H19FN2O2/c1-2-16-7-9-17(10-8-16)14(18)19-11-12-5-3-4-6-13(12)15/h3-6H,2,7-11H2,1H3. The minimum absolute atomic E-state index is 0.0144. The van der Waals surface area contributed by atoms with E-state index in [0.717, 1.165) is 19.6 Å². The number of carbonyl (C=O) groups excluding carboxylic acids is 1. The van der Waals surface area contributed by atoms with Crippen molar-refractivity contribution in [3.05, 3.63) is 35.6 Å². The molecule has 1 amide bonds. The molecule has 0 atom stereocenters. The molecule has 104 valence electrons. The number of hydrogen-bond acceptors (Lipinski definition) is 3. The monoisotopic (exact) mass is 266 g/mol. The van der Waals surface area contributed by atoms with Crippen molar-refractivity contribution >= 4 is 6.09 Å². The van der Waals surface area contributed by atoms with Crippen LogP contribution in [0.1, 0.15) is 12.5 Å². The lowest BCUT2D eigenvalue weighted by Gasteiger charge is -2.33. The summed E-state index contributed by atoms with van der Waals surface area (Å²) in [6, 6.07) is 6.33. The van der Waals surface area contributed by atoms with E-state index in [1.165, 1.54) is 6.07 Å². The Hall–Kier alpha value is -1.62. The van der Waals surface area contributed by atoms with E-state index in [4.69, 9.17) is 4.74 Å². The quantitative estimate of drug-likeness (QED) is 0.840. The molecule has 5 heteroatoms. The molecule has 1 fully saturated rings. The van der Waals surface area contributed by atoms with Crippen LogP contribution in [0.4, 0.5) is 9.18 Å². The van der Waals surface area contributed by atoms with E-state index >= 15 is 0 Å². The number of nitrogens with zero attached hydrogens (tertiary/aromatic N) is 2. The molecule has 0 aliphatic carbocycles. The highest BCUT2D eigenvalue weighted by Crippen LogP contribution is 2.10. The molecular weight excluding hydrogens is 247 g/mol. The Morgan fingerprint density at radius 1 is 1.26 bits per heavy atom. The van der Waals surface area contributed by atoms with E-state index in [1.54, 1.807) is 23.1 Å². The molecule has 0 radical (unpaired) electrons. The molecule has 0 N–H and O–H groups in total. The van der Waals surface area contributed by atoms with Gasteiger partial charge in [-0.15, -0.1) is 0 Å². The Morgan fingerprint density at radius 3 is 2.58 bits per heavy atom. The molecule has 0 spiro atoms. The fourth-order valence-corrected chi connectivity index (χ4v) is 2.09. The van der Waals surface area contributed by atoms with Crippen LogP contribution in [0.2, 0.25) is 0 Å². The number of ether oxygens (including phenoxy) is 1. The van der Waals surface area contributed by atoms with Crippen LogP contribution in [-0.2, 0) is 11.3 Å². The van der Waals surface area contributed by atoms with Gasteiger partial charge < -0.3 is 14.5 Å². The smallest absolute Gasteiger partial charge is 0.410 e. The van der Waals surface area contributed by atoms with E-state index < -0.39 is 0 Å². The maximum absolute atomic E-state index is 13.4. The highest BCUT2D eigenvalue weighted by atomic mass is 19.1. The first-order chi connectivity index (χ1) is 9.20. The van der Waals surface area contributed by atoms with Crippen LogP contribution in [0.15, 0.2) is 24.3 Å². The Kier molecular flexibility index (Phi) is 4.74. The first-order valence-electron chi connectivity index (χ1n) is 6.58. The molecule has 2 rings (SSSR count). The van der Waals surface area contributed by atoms with Crippen LogP contribution in [0, 0.1) is 5.82 Å². The van der Waals surface area contributed by atoms with Crippen molar-refractivity contribution in [2.45, 2.75) is 13.5 Å². The van der Waals surface area contributed by atoms with Gasteiger partial charge in [0.2, 0.25) is 0 Å². The zero-order valence-corrected chi connectivity index (χ0v) is 11.1. The Bertz CT molecular complexity index is 431. The first kappa shape index (κ1) is 13.8. The summed E-state index contributed by atoms with van der Waals surface area (Å²) >= 11 is 0. The molecule has 1 heterocycles. The van der Waals surface area contributed by atoms with Crippen molar-refractivity contribution in [2.24, 2.45) is 0 Å². The number of carbonyl (C=O) groups is 1. The third-order valence-corrected chi connectivity index (χ3v) is 3.39. The fraction of sp³-hybridized carbons (Fsp3) is 0.500. The van der Waals surface area contributed by atoms with Gasteiger partial charge in [-0.2, -0.15) is 0 Å². The zero-order valence-electron chi connectivity index (χ0n) is 11.1. The van der Waals surface area contributed by atoms with Gasteiger partial charge in [-0.1, -0.05) is 25.1 Å². The number of hydrogen-bond donors (Lipinski definition) is 0. The molecule has 0 unspecified atom stereocenters. The largest absolute Gasteiger partial charge is 0.444 e. The minimum atomic E-state index is -0.362. The molecule has 1 aliphatic rings. The molecule has 0 bridgehead atoms. The maximum Gasteiger partial charge on any atom is 0.410 e. The van der Waals surface area contributed by atoms with E-state index in [0.29, 0.717) is 18.7 Å². The van der Waals surface area contributed by atoms with Gasteiger partial charge in [0, 0.05) is 31.7 Å². The molecule has 1 aromatic rings. The summed E-state index contributed by atoms with van der Waals surface area (Å²) in [6.07, 6.45) is -0.362. The Morgan fingerprint density at radius 2 is 1.95 bits per heavy atom. The summed E-state index contributed by atoms with van der Waals surface area (Å²) in [6.45, 7) is 6.16. The third kappa shape index (κ3) is 3.67. The SMILES string of the molecule is CCN1CCN(C(=O)OCc2ccccc2F)CC1. The van der Waals surface area contributed by atoms with Crippen molar-refractivity contribution < 1.29 is 13.9 Å². The van der Waals surface area contributed by atoms with E-state index in [9.17, 15) is 9.18 Å². The number of benzene rings is 1. The predicted octanol–water partition coefficient (Wildman–Crippen LogP) is 2.10. The van der Waals surface area contributed by atoms with Gasteiger partial charge in [0.1, 0.15) is 12.4 Å². The van der Waals surface area contributed by atoms with Gasteiger partial charge in [-0.25, -0.2) is 9.18 Å². The summed E-state index contributed by atoms with van der Waals surface area (Å²) < 4.78 is 18.5. The first-order valence-corrected chi connectivity index (χ1v) is 6.58. The van der Waals surface area contributed by atoms with Crippen LogP contribution in [0.3, 0.4) is 0 Å². The fourth-order valence-electron chi connectivity index (χ4n) is 2.09. The van der Waals surface area contributed by atoms with Crippen molar-refractivity contribution in [1.29, 1.82) is 0 Å². The second kappa shape index (κ2) is 6.52. The summed E-state index contributed by atoms with van der Waals surface area (Å²) in [5, 5.41) is 0. The highest BCUT2D eigenvalue weighted by molar-refractivity contribution is 5.67. The molecule has 0 saturated carbocycles. The zero-order chi connectivity index (χ0) is 13.7. The molecule has 19 heavy (non-hydrogen) atoms. The van der Waals surface area contributed by atoms with Crippen LogP contribution in [-0.4, -0.2) is 48.6 Å². The van der Waals surface area contributed by atoms with Gasteiger partial charge in [0.25, 0.3) is 0 Å². The Balaban J connectivity index is 1.81. The van der Waals surface area contributed by atoms with E-state index in [2.05, 4.69) is 11.8 Å². The highest BCUT2D eigenvalue weighted by Gasteiger charge is 2.21. The second-order valence-electron chi connectivity index (χ2n) is 4.57. The molecule has 0 aromatic heterocycles. The number of likely N-dealkylation sites (N-methyl/N-ethyl adjacent to an activating group) is 1. The van der Waals surface area contributed by atoms with Crippen molar-refractivity contribution in [3.63, 3.8) is 0 Å². The van der Waals surface area contributed by atoms with Crippen molar-refractivity contribution in [2.75, 3.05) is 32.7 Å². The van der Waals surface area contributed by atoms with Gasteiger partial charge in [-0.3, -0.25) is 0 Å². The van der Waals surface area contributed by atoms with Crippen molar-refractivity contribution in [1.82, 2.24) is 9.80 Å². The lowest BCUT2D eigenvalue weighted by Crippen LogP contribution is -2.48. The van der Waals surface area contributed by atoms with Gasteiger partial charge in [-0.05, 0) is 12.6 Å². The molecule has 1 saturated heterocycles. The van der Waals surface area contributed by atoms with Gasteiger partial charge >= 0.3 is 6.09 Å².